The van der Waals surface area contributed by atoms with Gasteiger partial charge in [-0.1, -0.05) is 34.1 Å². The Hall–Kier alpha value is -1.40. The second kappa shape index (κ2) is 8.54. The van der Waals surface area contributed by atoms with E-state index in [1.54, 1.807) is 14.2 Å². The molecule has 2 aliphatic rings. The lowest BCUT2D eigenvalue weighted by atomic mass is 9.90. The molecule has 28 heavy (non-hydrogen) atoms. The van der Waals surface area contributed by atoms with E-state index in [1.807, 2.05) is 12.1 Å². The van der Waals surface area contributed by atoms with E-state index in [0.29, 0.717) is 12.8 Å². The third-order valence-corrected chi connectivity index (χ3v) is 6.86. The van der Waals surface area contributed by atoms with Crippen LogP contribution in [0.1, 0.15) is 53.2 Å². The molecule has 1 aliphatic carbocycles. The summed E-state index contributed by atoms with van der Waals surface area (Å²) in [6, 6.07) is 10.5. The zero-order valence-electron chi connectivity index (χ0n) is 16.4. The Labute approximate surface area is 174 Å². The molecule has 0 spiro atoms. The van der Waals surface area contributed by atoms with Crippen molar-refractivity contribution in [2.45, 2.75) is 57.0 Å². The number of hydrogen-bond donors (Lipinski definition) is 1. The van der Waals surface area contributed by atoms with Crippen LogP contribution in [-0.4, -0.2) is 31.7 Å². The highest BCUT2D eigenvalue weighted by atomic mass is 79.9. The van der Waals surface area contributed by atoms with Gasteiger partial charge in [-0.3, -0.25) is 0 Å². The van der Waals surface area contributed by atoms with Crippen LogP contribution < -0.4 is 4.74 Å². The topological polar surface area (TPSA) is 47.9 Å². The first-order valence-corrected chi connectivity index (χ1v) is 10.7. The number of hydrogen-bond acceptors (Lipinski definition) is 4. The Morgan fingerprint density at radius 3 is 2.57 bits per heavy atom. The van der Waals surface area contributed by atoms with Crippen molar-refractivity contribution in [3.05, 3.63) is 62.6 Å². The molecule has 4 nitrogen and oxygen atoms in total. The molecular weight excluding hydrogens is 420 g/mol. The number of ether oxygens (including phenoxy) is 3. The Balaban J connectivity index is 1.69. The van der Waals surface area contributed by atoms with Crippen LogP contribution in [-0.2, 0) is 28.7 Å². The minimum absolute atomic E-state index is 0.122. The molecule has 3 atom stereocenters. The van der Waals surface area contributed by atoms with Gasteiger partial charge in [0.15, 0.2) is 6.29 Å². The summed E-state index contributed by atoms with van der Waals surface area (Å²) >= 11 is 3.87. The molecule has 4 rings (SSSR count). The molecule has 150 valence electrons. The summed E-state index contributed by atoms with van der Waals surface area (Å²) in [6.07, 6.45) is 4.45. The molecule has 0 aromatic heterocycles. The molecule has 0 bridgehead atoms. The van der Waals surface area contributed by atoms with E-state index in [4.69, 9.17) is 14.2 Å². The standard InChI is InChI=1S/C23H27BrO4/c1-26-17-8-6-14(7-9-17)10-15-11-20(18-4-3-5-19(18)23(15)24)21-12-16(25)13-22(27-2)28-21/h6-9,11,16,21-22,25H,3-5,10,12-13H2,1-2H3. The molecule has 1 heterocycles. The van der Waals surface area contributed by atoms with Crippen molar-refractivity contribution in [2.75, 3.05) is 14.2 Å². The second-order valence-corrected chi connectivity index (χ2v) is 8.48. The summed E-state index contributed by atoms with van der Waals surface area (Å²) < 4.78 is 18.1. The van der Waals surface area contributed by atoms with E-state index < -0.39 is 6.10 Å². The highest BCUT2D eigenvalue weighted by Crippen LogP contribution is 2.42. The van der Waals surface area contributed by atoms with E-state index in [1.165, 1.54) is 32.3 Å². The Morgan fingerprint density at radius 2 is 1.86 bits per heavy atom. The van der Waals surface area contributed by atoms with Crippen LogP contribution in [0.4, 0.5) is 0 Å². The normalized spacial score (nSPS) is 24.2. The smallest absolute Gasteiger partial charge is 0.160 e. The van der Waals surface area contributed by atoms with Gasteiger partial charge in [0.25, 0.3) is 0 Å². The predicted octanol–water partition coefficient (Wildman–Crippen LogP) is 4.72. The Bertz CT molecular complexity index is 833. The maximum atomic E-state index is 10.3. The maximum Gasteiger partial charge on any atom is 0.160 e. The first-order valence-electron chi connectivity index (χ1n) is 9.91. The van der Waals surface area contributed by atoms with Crippen LogP contribution >= 0.6 is 15.9 Å². The number of aliphatic hydroxyl groups excluding tert-OH is 1. The largest absolute Gasteiger partial charge is 0.497 e. The quantitative estimate of drug-likeness (QED) is 0.721. The summed E-state index contributed by atoms with van der Waals surface area (Å²) in [5.41, 5.74) is 6.51. The summed E-state index contributed by atoms with van der Waals surface area (Å²) in [6.45, 7) is 0. The van der Waals surface area contributed by atoms with Crippen molar-refractivity contribution < 1.29 is 19.3 Å². The third-order valence-electron chi connectivity index (χ3n) is 5.87. The monoisotopic (exact) mass is 446 g/mol. The minimum atomic E-state index is -0.394. The van der Waals surface area contributed by atoms with Crippen molar-refractivity contribution in [2.24, 2.45) is 0 Å². The summed E-state index contributed by atoms with van der Waals surface area (Å²) in [4.78, 5) is 0. The van der Waals surface area contributed by atoms with E-state index >= 15 is 0 Å². The van der Waals surface area contributed by atoms with Crippen LogP contribution in [0.15, 0.2) is 34.8 Å². The van der Waals surface area contributed by atoms with Gasteiger partial charge in [-0.15, -0.1) is 0 Å². The van der Waals surface area contributed by atoms with Crippen molar-refractivity contribution in [1.29, 1.82) is 0 Å². The number of benzene rings is 2. The fourth-order valence-corrected chi connectivity index (χ4v) is 5.12. The van der Waals surface area contributed by atoms with Gasteiger partial charge in [0, 0.05) is 24.4 Å². The lowest BCUT2D eigenvalue weighted by Gasteiger charge is -2.34. The SMILES string of the molecule is COc1ccc(Cc2cc(C3CC(O)CC(OC)O3)c3c(c2Br)CCC3)cc1. The van der Waals surface area contributed by atoms with Gasteiger partial charge < -0.3 is 19.3 Å². The number of rotatable bonds is 5. The molecule has 1 aliphatic heterocycles. The lowest BCUT2D eigenvalue weighted by molar-refractivity contribution is -0.205. The molecule has 0 amide bonds. The van der Waals surface area contributed by atoms with Gasteiger partial charge in [-0.2, -0.15) is 0 Å². The van der Waals surface area contributed by atoms with Crippen molar-refractivity contribution >= 4 is 15.9 Å². The number of aliphatic hydroxyl groups is 1. The van der Waals surface area contributed by atoms with Gasteiger partial charge in [-0.05, 0) is 65.6 Å². The number of halogens is 1. The average Bonchev–Trinajstić information content (AvgIpc) is 3.20. The van der Waals surface area contributed by atoms with Crippen LogP contribution in [0.2, 0.25) is 0 Å². The summed E-state index contributed by atoms with van der Waals surface area (Å²) in [5, 5.41) is 10.3. The van der Waals surface area contributed by atoms with Crippen molar-refractivity contribution in [3.8, 4) is 5.75 Å². The van der Waals surface area contributed by atoms with Gasteiger partial charge in [0.2, 0.25) is 0 Å². The van der Waals surface area contributed by atoms with Gasteiger partial charge in [0.1, 0.15) is 5.75 Å². The zero-order chi connectivity index (χ0) is 19.7. The highest BCUT2D eigenvalue weighted by molar-refractivity contribution is 9.10. The molecule has 1 N–H and O–H groups in total. The predicted molar refractivity (Wildman–Crippen MR) is 112 cm³/mol. The number of fused-ring (bicyclic) bond motifs is 1. The molecule has 5 heteroatoms. The zero-order valence-corrected chi connectivity index (χ0v) is 18.0. The second-order valence-electron chi connectivity index (χ2n) is 7.69. The summed E-state index contributed by atoms with van der Waals surface area (Å²) in [5.74, 6) is 0.868. The first-order chi connectivity index (χ1) is 13.6. The van der Waals surface area contributed by atoms with E-state index in [9.17, 15) is 5.11 Å². The Morgan fingerprint density at radius 1 is 1.11 bits per heavy atom. The van der Waals surface area contributed by atoms with Crippen LogP contribution in [0.25, 0.3) is 0 Å². The highest BCUT2D eigenvalue weighted by Gasteiger charge is 2.33. The molecule has 1 fully saturated rings. The molecule has 0 saturated carbocycles. The maximum absolute atomic E-state index is 10.3. The lowest BCUT2D eigenvalue weighted by Crippen LogP contribution is -2.32. The average molecular weight is 447 g/mol. The molecule has 2 aromatic rings. The van der Waals surface area contributed by atoms with Crippen molar-refractivity contribution in [1.82, 2.24) is 0 Å². The first kappa shape index (κ1) is 19.9. The van der Waals surface area contributed by atoms with Gasteiger partial charge in [0.05, 0.1) is 19.3 Å². The van der Waals surface area contributed by atoms with Crippen molar-refractivity contribution in [3.63, 3.8) is 0 Å². The summed E-state index contributed by atoms with van der Waals surface area (Å²) in [7, 11) is 3.32. The fourth-order valence-electron chi connectivity index (χ4n) is 4.43. The minimum Gasteiger partial charge on any atom is -0.497 e. The molecule has 0 radical (unpaired) electrons. The Kier molecular flexibility index (Phi) is 6.07. The number of methoxy groups -OCH3 is 2. The van der Waals surface area contributed by atoms with E-state index in [-0.39, 0.29) is 12.4 Å². The van der Waals surface area contributed by atoms with Gasteiger partial charge >= 0.3 is 0 Å². The van der Waals surface area contributed by atoms with Crippen LogP contribution in [0.3, 0.4) is 0 Å². The molecule has 2 aromatic carbocycles. The molecular formula is C23H27BrO4. The van der Waals surface area contributed by atoms with Crippen LogP contribution in [0, 0.1) is 0 Å². The van der Waals surface area contributed by atoms with E-state index in [0.717, 1.165) is 31.4 Å². The van der Waals surface area contributed by atoms with Crippen LogP contribution in [0.5, 0.6) is 5.75 Å². The third kappa shape index (κ3) is 3.99. The molecule has 1 saturated heterocycles. The van der Waals surface area contributed by atoms with E-state index in [2.05, 4.69) is 34.1 Å². The molecule has 3 unspecified atom stereocenters. The van der Waals surface area contributed by atoms with Gasteiger partial charge in [-0.25, -0.2) is 0 Å². The fraction of sp³-hybridized carbons (Fsp3) is 0.478.